The van der Waals surface area contributed by atoms with E-state index in [0.717, 1.165) is 0 Å². The minimum Gasteiger partial charge on any atom is -0.508 e. The van der Waals surface area contributed by atoms with Crippen molar-refractivity contribution < 1.29 is 14.7 Å². The number of pyridine rings is 1. The van der Waals surface area contributed by atoms with Gasteiger partial charge in [0.05, 0.1) is 0 Å². The number of nitrogens with zero attached hydrogens (tertiary/aromatic N) is 1. The second-order valence-electron chi connectivity index (χ2n) is 5.67. The monoisotopic (exact) mass is 359 g/mol. The lowest BCUT2D eigenvalue weighted by molar-refractivity contribution is -0.113. The van der Waals surface area contributed by atoms with Crippen LogP contribution >= 0.6 is 0 Å². The predicted molar refractivity (Wildman–Crippen MR) is 103 cm³/mol. The van der Waals surface area contributed by atoms with Crippen LogP contribution in [0.4, 0.5) is 5.69 Å². The van der Waals surface area contributed by atoms with Gasteiger partial charge in [-0.15, -0.1) is 0 Å². The molecule has 0 aliphatic carbocycles. The Morgan fingerprint density at radius 2 is 1.78 bits per heavy atom. The van der Waals surface area contributed by atoms with Crippen molar-refractivity contribution in [3.05, 3.63) is 95.9 Å². The summed E-state index contributed by atoms with van der Waals surface area (Å²) >= 11 is 0. The fourth-order valence-electron chi connectivity index (χ4n) is 2.35. The normalized spacial score (nSPS) is 10.9. The average Bonchev–Trinajstić information content (AvgIpc) is 2.69. The maximum absolute atomic E-state index is 12.7. The Morgan fingerprint density at radius 1 is 0.963 bits per heavy atom. The molecule has 1 aromatic heterocycles. The van der Waals surface area contributed by atoms with Crippen LogP contribution in [0.25, 0.3) is 6.08 Å². The lowest BCUT2D eigenvalue weighted by Crippen LogP contribution is -2.30. The van der Waals surface area contributed by atoms with Gasteiger partial charge < -0.3 is 15.7 Å². The third-order valence-electron chi connectivity index (χ3n) is 3.63. The Labute approximate surface area is 156 Å². The van der Waals surface area contributed by atoms with E-state index in [9.17, 15) is 14.7 Å². The molecule has 134 valence electrons. The predicted octanol–water partition coefficient (Wildman–Crippen LogP) is 3.20. The smallest absolute Gasteiger partial charge is 0.272 e. The molecule has 0 atom stereocenters. The second-order valence-corrected chi connectivity index (χ2v) is 5.67. The molecule has 0 fully saturated rings. The highest BCUT2D eigenvalue weighted by molar-refractivity contribution is 6.10. The van der Waals surface area contributed by atoms with E-state index in [1.807, 2.05) is 0 Å². The van der Waals surface area contributed by atoms with Gasteiger partial charge >= 0.3 is 0 Å². The number of hydrogen-bond acceptors (Lipinski definition) is 4. The number of phenolic OH excluding ortho intramolecular Hbond substituents is 1. The van der Waals surface area contributed by atoms with Crippen LogP contribution in [0.5, 0.6) is 5.75 Å². The van der Waals surface area contributed by atoms with Gasteiger partial charge in [-0.2, -0.15) is 0 Å². The molecule has 0 aliphatic rings. The fraction of sp³-hybridized carbons (Fsp3) is 0. The zero-order chi connectivity index (χ0) is 19.1. The largest absolute Gasteiger partial charge is 0.508 e. The molecule has 3 aromatic rings. The molecule has 0 radical (unpaired) electrons. The van der Waals surface area contributed by atoms with E-state index >= 15 is 0 Å². The highest BCUT2D eigenvalue weighted by Crippen LogP contribution is 2.16. The molecular formula is C21H17N3O3. The van der Waals surface area contributed by atoms with E-state index in [2.05, 4.69) is 15.6 Å². The van der Waals surface area contributed by atoms with Gasteiger partial charge in [0.15, 0.2) is 0 Å². The van der Waals surface area contributed by atoms with Crippen molar-refractivity contribution in [1.29, 1.82) is 0 Å². The number of carbonyl (C=O) groups excluding carboxylic acids is 2. The molecule has 0 spiro atoms. The van der Waals surface area contributed by atoms with Crippen molar-refractivity contribution in [2.24, 2.45) is 0 Å². The van der Waals surface area contributed by atoms with Gasteiger partial charge in [-0.1, -0.05) is 30.3 Å². The first-order chi connectivity index (χ1) is 13.1. The average molecular weight is 359 g/mol. The van der Waals surface area contributed by atoms with E-state index in [1.54, 1.807) is 67.0 Å². The first-order valence-corrected chi connectivity index (χ1v) is 8.20. The van der Waals surface area contributed by atoms with Crippen molar-refractivity contribution in [2.45, 2.75) is 0 Å². The van der Waals surface area contributed by atoms with E-state index in [1.165, 1.54) is 18.2 Å². The Bertz CT molecular complexity index is 970. The van der Waals surface area contributed by atoms with E-state index < -0.39 is 11.8 Å². The quantitative estimate of drug-likeness (QED) is 0.610. The van der Waals surface area contributed by atoms with Gasteiger partial charge in [0, 0.05) is 29.7 Å². The highest BCUT2D eigenvalue weighted by Gasteiger charge is 2.15. The van der Waals surface area contributed by atoms with Crippen LogP contribution < -0.4 is 10.6 Å². The van der Waals surface area contributed by atoms with Crippen molar-refractivity contribution >= 4 is 23.6 Å². The minimum atomic E-state index is -0.520. The molecule has 27 heavy (non-hydrogen) atoms. The second kappa shape index (κ2) is 8.44. The molecule has 3 N–H and O–H groups in total. The van der Waals surface area contributed by atoms with Gasteiger partial charge in [-0.05, 0) is 42.0 Å². The lowest BCUT2D eigenvalue weighted by atomic mass is 10.2. The van der Waals surface area contributed by atoms with E-state index in [0.29, 0.717) is 16.8 Å². The summed E-state index contributed by atoms with van der Waals surface area (Å²) in [4.78, 5) is 29.2. The summed E-state index contributed by atoms with van der Waals surface area (Å²) in [6, 6.07) is 18.3. The van der Waals surface area contributed by atoms with E-state index in [4.69, 9.17) is 0 Å². The van der Waals surface area contributed by atoms with Gasteiger partial charge in [0.25, 0.3) is 11.8 Å². The molecular weight excluding hydrogens is 342 g/mol. The van der Waals surface area contributed by atoms with Crippen molar-refractivity contribution in [3.63, 3.8) is 0 Å². The van der Waals surface area contributed by atoms with Crippen LogP contribution in [0.15, 0.2) is 84.8 Å². The van der Waals surface area contributed by atoms with Crippen LogP contribution in [0.2, 0.25) is 0 Å². The summed E-state index contributed by atoms with van der Waals surface area (Å²) in [5.41, 5.74) is 1.55. The molecule has 2 aromatic carbocycles. The Morgan fingerprint density at radius 3 is 2.48 bits per heavy atom. The maximum atomic E-state index is 12.7. The summed E-state index contributed by atoms with van der Waals surface area (Å²) in [6.07, 6.45) is 4.73. The number of carbonyl (C=O) groups is 2. The summed E-state index contributed by atoms with van der Waals surface area (Å²) in [5, 5.41) is 14.8. The van der Waals surface area contributed by atoms with Gasteiger partial charge in [-0.3, -0.25) is 14.6 Å². The zero-order valence-corrected chi connectivity index (χ0v) is 14.3. The summed E-state index contributed by atoms with van der Waals surface area (Å²) < 4.78 is 0. The number of aromatic nitrogens is 1. The molecule has 2 amide bonds. The zero-order valence-electron chi connectivity index (χ0n) is 14.3. The number of hydrogen-bond donors (Lipinski definition) is 3. The first kappa shape index (κ1) is 17.9. The van der Waals surface area contributed by atoms with Gasteiger partial charge in [-0.25, -0.2) is 0 Å². The number of amides is 2. The molecule has 6 heteroatoms. The number of phenols is 1. The molecule has 1 heterocycles. The van der Waals surface area contributed by atoms with Crippen molar-refractivity contribution in [2.75, 3.05) is 5.32 Å². The van der Waals surface area contributed by atoms with Crippen LogP contribution in [0, 0.1) is 0 Å². The summed E-state index contributed by atoms with van der Waals surface area (Å²) in [7, 11) is 0. The number of aromatic hydroxyl groups is 1. The molecule has 0 saturated heterocycles. The van der Waals surface area contributed by atoms with Crippen molar-refractivity contribution in [1.82, 2.24) is 10.3 Å². The molecule has 3 rings (SSSR count). The Hall–Kier alpha value is -3.93. The summed E-state index contributed by atoms with van der Waals surface area (Å²) in [6.45, 7) is 0. The Balaban J connectivity index is 1.86. The van der Waals surface area contributed by atoms with Crippen LogP contribution in [0.3, 0.4) is 0 Å². The van der Waals surface area contributed by atoms with Crippen molar-refractivity contribution in [3.8, 4) is 5.75 Å². The van der Waals surface area contributed by atoms with Gasteiger partial charge in [0.1, 0.15) is 11.4 Å². The topological polar surface area (TPSA) is 91.3 Å². The lowest BCUT2D eigenvalue weighted by Gasteiger charge is -2.11. The molecule has 6 nitrogen and oxygen atoms in total. The van der Waals surface area contributed by atoms with Crippen LogP contribution in [-0.2, 0) is 4.79 Å². The summed E-state index contributed by atoms with van der Waals surface area (Å²) in [5.74, 6) is -0.899. The number of nitrogens with one attached hydrogen (secondary N) is 2. The van der Waals surface area contributed by atoms with Crippen LogP contribution in [-0.4, -0.2) is 21.9 Å². The SMILES string of the molecule is O=C(Nc1cccc(O)c1)C(=Cc1cccnc1)NC(=O)c1ccccc1. The molecule has 0 bridgehead atoms. The molecule has 0 saturated carbocycles. The van der Waals surface area contributed by atoms with Gasteiger partial charge in [0.2, 0.25) is 0 Å². The third kappa shape index (κ3) is 5.02. The number of benzene rings is 2. The number of rotatable bonds is 5. The van der Waals surface area contributed by atoms with E-state index in [-0.39, 0.29) is 11.4 Å². The highest BCUT2D eigenvalue weighted by atomic mass is 16.3. The molecule has 0 unspecified atom stereocenters. The minimum absolute atomic E-state index is 0.0268. The third-order valence-corrected chi connectivity index (χ3v) is 3.63. The van der Waals surface area contributed by atoms with Crippen LogP contribution in [0.1, 0.15) is 15.9 Å². The Kier molecular flexibility index (Phi) is 5.59. The fourth-order valence-corrected chi connectivity index (χ4v) is 2.35. The first-order valence-electron chi connectivity index (χ1n) is 8.20. The molecule has 0 aliphatic heterocycles. The number of anilines is 1. The maximum Gasteiger partial charge on any atom is 0.272 e. The standard InChI is InChI=1S/C21H17N3O3/c25-18-10-4-9-17(13-18)23-21(27)19(12-15-6-5-11-22-14-15)24-20(26)16-7-2-1-3-8-16/h1-14,25H,(H,23,27)(H,24,26).